The van der Waals surface area contributed by atoms with Crippen molar-refractivity contribution >= 4 is 29.1 Å². The van der Waals surface area contributed by atoms with Crippen LogP contribution in [0.25, 0.3) is 5.65 Å². The van der Waals surface area contributed by atoms with Crippen molar-refractivity contribution in [1.82, 2.24) is 24.8 Å². The van der Waals surface area contributed by atoms with Crippen molar-refractivity contribution in [3.8, 4) is 0 Å². The fraction of sp³-hybridized carbons (Fsp3) is 0.667. The van der Waals surface area contributed by atoms with Gasteiger partial charge >= 0.3 is 0 Å². The summed E-state index contributed by atoms with van der Waals surface area (Å²) in [5.41, 5.74) is 8.99. The molecule has 2 aromatic rings. The lowest BCUT2D eigenvalue weighted by atomic mass is 9.98. The van der Waals surface area contributed by atoms with Crippen molar-refractivity contribution in [2.45, 2.75) is 63.0 Å². The van der Waals surface area contributed by atoms with Gasteiger partial charge in [0.15, 0.2) is 5.65 Å². The number of aromatic nitrogens is 3. The van der Waals surface area contributed by atoms with E-state index in [0.717, 1.165) is 73.8 Å². The Bertz CT molecular complexity index is 947. The molecule has 0 saturated carbocycles. The third kappa shape index (κ3) is 3.67. The van der Waals surface area contributed by atoms with Gasteiger partial charge in [-0.15, -0.1) is 11.8 Å². The third-order valence-corrected chi connectivity index (χ3v) is 7.68. The SMILES string of the molecule is Cc1cn2nc([C@@H]3CCCCN3C(=O)C3CSC(C)N3)cc2nc1N1CC[C@H](N)C1. The molecule has 0 aliphatic carbocycles. The van der Waals surface area contributed by atoms with Crippen LogP contribution in [0, 0.1) is 6.92 Å². The number of rotatable bonds is 3. The molecule has 8 nitrogen and oxygen atoms in total. The normalized spacial score (nSPS) is 29.8. The molecule has 5 rings (SSSR count). The van der Waals surface area contributed by atoms with Crippen LogP contribution >= 0.6 is 11.8 Å². The number of fused-ring (bicyclic) bond motifs is 1. The molecule has 0 bridgehead atoms. The van der Waals surface area contributed by atoms with Crippen LogP contribution in [0.4, 0.5) is 5.82 Å². The minimum atomic E-state index is -0.0889. The van der Waals surface area contributed by atoms with Crippen molar-refractivity contribution in [2.75, 3.05) is 30.3 Å². The number of anilines is 1. The van der Waals surface area contributed by atoms with E-state index in [9.17, 15) is 4.79 Å². The van der Waals surface area contributed by atoms with E-state index in [2.05, 4.69) is 41.2 Å². The first-order valence-corrected chi connectivity index (χ1v) is 12.1. The van der Waals surface area contributed by atoms with Gasteiger partial charge in [0.1, 0.15) is 5.82 Å². The first-order valence-electron chi connectivity index (χ1n) is 11.0. The van der Waals surface area contributed by atoms with Crippen LogP contribution in [0.15, 0.2) is 12.3 Å². The molecule has 30 heavy (non-hydrogen) atoms. The van der Waals surface area contributed by atoms with E-state index in [1.165, 1.54) is 0 Å². The molecule has 2 unspecified atom stereocenters. The molecule has 2 aromatic heterocycles. The van der Waals surface area contributed by atoms with E-state index in [1.54, 1.807) is 0 Å². The summed E-state index contributed by atoms with van der Waals surface area (Å²) in [6, 6.07) is 2.22. The number of thioether (sulfide) groups is 1. The number of aryl methyl sites for hydroxylation is 1. The maximum absolute atomic E-state index is 13.2. The third-order valence-electron chi connectivity index (χ3n) is 6.52. The van der Waals surface area contributed by atoms with Gasteiger partial charge in [0.05, 0.1) is 23.2 Å². The molecule has 3 N–H and O–H groups in total. The summed E-state index contributed by atoms with van der Waals surface area (Å²) >= 11 is 1.81. The van der Waals surface area contributed by atoms with Crippen molar-refractivity contribution < 1.29 is 4.79 Å². The zero-order valence-corrected chi connectivity index (χ0v) is 18.6. The van der Waals surface area contributed by atoms with Crippen molar-refractivity contribution in [1.29, 1.82) is 0 Å². The summed E-state index contributed by atoms with van der Waals surface area (Å²) in [7, 11) is 0. The van der Waals surface area contributed by atoms with E-state index in [-0.39, 0.29) is 24.0 Å². The molecule has 3 aliphatic heterocycles. The highest BCUT2D eigenvalue weighted by atomic mass is 32.2. The highest BCUT2D eigenvalue weighted by molar-refractivity contribution is 8.00. The van der Waals surface area contributed by atoms with Crippen LogP contribution in [0.2, 0.25) is 0 Å². The van der Waals surface area contributed by atoms with Gasteiger partial charge in [0.25, 0.3) is 0 Å². The highest BCUT2D eigenvalue weighted by Gasteiger charge is 2.36. The summed E-state index contributed by atoms with van der Waals surface area (Å²) in [5, 5.41) is 8.60. The van der Waals surface area contributed by atoms with Crippen LogP contribution in [0.5, 0.6) is 0 Å². The van der Waals surface area contributed by atoms with Crippen molar-refractivity contribution in [3.05, 3.63) is 23.5 Å². The average molecular weight is 430 g/mol. The van der Waals surface area contributed by atoms with Crippen LogP contribution in [-0.4, -0.2) is 68.2 Å². The summed E-state index contributed by atoms with van der Waals surface area (Å²) in [5.74, 6) is 2.06. The number of piperidine rings is 1. The topological polar surface area (TPSA) is 91.8 Å². The Morgan fingerprint density at radius 2 is 2.17 bits per heavy atom. The largest absolute Gasteiger partial charge is 0.355 e. The van der Waals surface area contributed by atoms with Gasteiger partial charge in [-0.1, -0.05) is 0 Å². The quantitative estimate of drug-likeness (QED) is 0.767. The second-order valence-electron chi connectivity index (χ2n) is 8.85. The van der Waals surface area contributed by atoms with Crippen LogP contribution in [0.1, 0.15) is 49.9 Å². The number of nitrogens with zero attached hydrogens (tertiary/aromatic N) is 5. The van der Waals surface area contributed by atoms with Gasteiger partial charge < -0.3 is 15.5 Å². The molecule has 3 saturated heterocycles. The first-order chi connectivity index (χ1) is 14.5. The van der Waals surface area contributed by atoms with Gasteiger partial charge in [-0.2, -0.15) is 5.10 Å². The maximum Gasteiger partial charge on any atom is 0.241 e. The Morgan fingerprint density at radius 1 is 1.30 bits per heavy atom. The average Bonchev–Trinajstić information content (AvgIpc) is 3.46. The molecule has 0 aromatic carbocycles. The van der Waals surface area contributed by atoms with Crippen molar-refractivity contribution in [2.24, 2.45) is 5.73 Å². The number of nitrogens with one attached hydrogen (secondary N) is 1. The number of carbonyl (C=O) groups is 1. The van der Waals surface area contributed by atoms with E-state index < -0.39 is 0 Å². The molecule has 3 aliphatic rings. The summed E-state index contributed by atoms with van der Waals surface area (Å²) in [6.45, 7) is 6.79. The lowest BCUT2D eigenvalue weighted by Gasteiger charge is -2.36. The van der Waals surface area contributed by atoms with E-state index >= 15 is 0 Å². The molecular weight excluding hydrogens is 398 g/mol. The Hall–Kier alpha value is -1.84. The van der Waals surface area contributed by atoms with Gasteiger partial charge in [-0.25, -0.2) is 9.50 Å². The Morgan fingerprint density at radius 3 is 2.90 bits per heavy atom. The molecule has 4 atom stereocenters. The molecular formula is C21H31N7OS. The minimum Gasteiger partial charge on any atom is -0.355 e. The van der Waals surface area contributed by atoms with Gasteiger partial charge in [-0.3, -0.25) is 10.1 Å². The zero-order valence-electron chi connectivity index (χ0n) is 17.8. The van der Waals surface area contributed by atoms with E-state index in [1.807, 2.05) is 16.3 Å². The first kappa shape index (κ1) is 20.1. The van der Waals surface area contributed by atoms with Gasteiger partial charge in [0, 0.05) is 49.3 Å². The predicted molar refractivity (Wildman–Crippen MR) is 120 cm³/mol. The molecule has 1 amide bonds. The monoisotopic (exact) mass is 429 g/mol. The summed E-state index contributed by atoms with van der Waals surface area (Å²) < 4.78 is 1.87. The van der Waals surface area contributed by atoms with Crippen LogP contribution in [0.3, 0.4) is 0 Å². The van der Waals surface area contributed by atoms with E-state index in [4.69, 9.17) is 15.8 Å². The molecule has 0 spiro atoms. The standard InChI is InChI=1S/C21H31N7OS/c1-13-10-28-19(24-20(13)26-8-6-15(22)11-26)9-16(25-28)18-5-3-4-7-27(18)21(29)17-12-30-14(2)23-17/h9-10,14-15,17-18,23H,3-8,11-12,22H2,1-2H3/t14?,15-,17?,18-/m0/s1. The summed E-state index contributed by atoms with van der Waals surface area (Å²) in [4.78, 5) is 22.5. The number of likely N-dealkylation sites (tertiary alicyclic amines) is 1. The Labute approximate surface area is 181 Å². The number of amides is 1. The number of hydrogen-bond acceptors (Lipinski definition) is 7. The smallest absolute Gasteiger partial charge is 0.241 e. The second-order valence-corrected chi connectivity index (χ2v) is 10.2. The lowest BCUT2D eigenvalue weighted by Crippen LogP contribution is -2.49. The minimum absolute atomic E-state index is 0.0274. The fourth-order valence-electron chi connectivity index (χ4n) is 4.95. The Balaban J connectivity index is 1.43. The molecule has 5 heterocycles. The predicted octanol–water partition coefficient (Wildman–Crippen LogP) is 1.68. The maximum atomic E-state index is 13.2. The van der Waals surface area contributed by atoms with Gasteiger partial charge in [0.2, 0.25) is 5.91 Å². The number of nitrogens with two attached hydrogens (primary N) is 1. The zero-order chi connectivity index (χ0) is 20.8. The van der Waals surface area contributed by atoms with Crippen molar-refractivity contribution in [3.63, 3.8) is 0 Å². The van der Waals surface area contributed by atoms with Gasteiger partial charge in [-0.05, 0) is 39.5 Å². The fourth-order valence-corrected chi connectivity index (χ4v) is 5.93. The van der Waals surface area contributed by atoms with Crippen LogP contribution < -0.4 is 16.0 Å². The summed E-state index contributed by atoms with van der Waals surface area (Å²) in [6.07, 6.45) is 6.19. The van der Waals surface area contributed by atoms with E-state index in [0.29, 0.717) is 5.37 Å². The second kappa shape index (κ2) is 8.01. The molecule has 162 valence electrons. The lowest BCUT2D eigenvalue weighted by molar-refractivity contribution is -0.136. The van der Waals surface area contributed by atoms with Crippen LogP contribution in [-0.2, 0) is 4.79 Å². The Kier molecular flexibility index (Phi) is 5.37. The highest BCUT2D eigenvalue weighted by Crippen LogP contribution is 2.33. The molecule has 3 fully saturated rings. The number of hydrogen-bond donors (Lipinski definition) is 2. The number of carbonyl (C=O) groups excluding carboxylic acids is 1. The molecule has 9 heteroatoms. The molecule has 0 radical (unpaired) electrons.